The summed E-state index contributed by atoms with van der Waals surface area (Å²) in [6, 6.07) is 0. The number of carboxylic acids is 1. The number of fused-ring (bicyclic) bond motifs is 6. The smallest absolute Gasteiger partial charge is 0.312 e. The summed E-state index contributed by atoms with van der Waals surface area (Å²) in [5.41, 5.74) is -0.838. The number of hydrogen-bond acceptors (Lipinski definition) is 14. The Morgan fingerprint density at radius 2 is 1.40 bits per heavy atom. The molecule has 15 nitrogen and oxygen atoms in total. The molecular weight excluding hydrogens is 744 g/mol. The molecule has 0 aromatic rings. The van der Waals surface area contributed by atoms with Crippen LogP contribution in [0.5, 0.6) is 0 Å². The van der Waals surface area contributed by atoms with Crippen LogP contribution in [0.1, 0.15) is 92.9 Å². The van der Waals surface area contributed by atoms with E-state index in [1.807, 2.05) is 6.92 Å². The maximum atomic E-state index is 12.5. The van der Waals surface area contributed by atoms with Crippen LogP contribution in [-0.2, 0) is 23.7 Å². The molecule has 15 heteroatoms. The van der Waals surface area contributed by atoms with Crippen LogP contribution in [0.25, 0.3) is 0 Å². The van der Waals surface area contributed by atoms with Gasteiger partial charge in [-0.05, 0) is 97.4 Å². The summed E-state index contributed by atoms with van der Waals surface area (Å²) < 4.78 is 24.2. The fourth-order valence-electron chi connectivity index (χ4n) is 13.0. The monoisotopic (exact) mass is 810 g/mol. The van der Waals surface area contributed by atoms with Crippen LogP contribution in [0.4, 0.5) is 0 Å². The molecule has 0 unspecified atom stereocenters. The van der Waals surface area contributed by atoms with Crippen molar-refractivity contribution in [3.63, 3.8) is 0 Å². The van der Waals surface area contributed by atoms with Gasteiger partial charge in [-0.2, -0.15) is 0 Å². The second-order valence-electron chi connectivity index (χ2n) is 20.1. The van der Waals surface area contributed by atoms with Crippen LogP contribution in [0.2, 0.25) is 0 Å². The lowest BCUT2D eigenvalue weighted by Gasteiger charge is -2.70. The topological polar surface area (TPSA) is 256 Å². The molecule has 7 rings (SSSR count). The highest BCUT2D eigenvalue weighted by Crippen LogP contribution is 2.74. The Kier molecular flexibility index (Phi) is 11.3. The lowest BCUT2D eigenvalue weighted by atomic mass is 9.35. The first-order chi connectivity index (χ1) is 26.6. The summed E-state index contributed by atoms with van der Waals surface area (Å²) in [5, 5.41) is 106. The molecule has 2 saturated heterocycles. The molecule has 0 amide bonds. The minimum absolute atomic E-state index is 0.0548. The number of aliphatic carboxylic acids is 1. The highest BCUT2D eigenvalue weighted by molar-refractivity contribution is 5.76. The molecule has 5 aliphatic carbocycles. The molecule has 324 valence electrons. The maximum absolute atomic E-state index is 12.5. The van der Waals surface area contributed by atoms with Gasteiger partial charge in [-0.1, -0.05) is 52.3 Å². The number of carboxylic acid groups (broad SMARTS) is 1. The zero-order valence-corrected chi connectivity index (χ0v) is 34.0. The summed E-state index contributed by atoms with van der Waals surface area (Å²) in [4.78, 5) is 12.5. The van der Waals surface area contributed by atoms with E-state index in [9.17, 15) is 55.9 Å². The van der Waals surface area contributed by atoms with Gasteiger partial charge in [0.15, 0.2) is 12.6 Å². The van der Waals surface area contributed by atoms with Gasteiger partial charge < -0.3 is 70.0 Å². The molecule has 0 aromatic heterocycles. The van der Waals surface area contributed by atoms with E-state index in [2.05, 4.69) is 39.8 Å². The van der Waals surface area contributed by atoms with Crippen molar-refractivity contribution in [1.29, 1.82) is 0 Å². The summed E-state index contributed by atoms with van der Waals surface area (Å²) in [6.45, 7) is 11.2. The maximum Gasteiger partial charge on any atom is 0.312 e. The third-order valence-corrected chi connectivity index (χ3v) is 17.2. The molecule has 7 aliphatic rings. The van der Waals surface area contributed by atoms with E-state index < -0.39 is 104 Å². The molecule has 0 radical (unpaired) electrons. The van der Waals surface area contributed by atoms with Gasteiger partial charge in [0, 0.05) is 5.41 Å². The summed E-state index contributed by atoms with van der Waals surface area (Å²) in [7, 11) is 0. The Hall–Kier alpha value is -1.57. The fraction of sp³-hybridized carbons (Fsp3) is 0.881. The van der Waals surface area contributed by atoms with Crippen LogP contribution >= 0.6 is 0 Å². The number of carbonyl (C=O) groups is 1. The largest absolute Gasteiger partial charge is 0.481 e. The predicted molar refractivity (Wildman–Crippen MR) is 201 cm³/mol. The van der Waals surface area contributed by atoms with E-state index >= 15 is 0 Å². The first-order valence-corrected chi connectivity index (χ1v) is 20.8. The van der Waals surface area contributed by atoms with Gasteiger partial charge in [-0.25, -0.2) is 0 Å². The number of hydrogen-bond donors (Lipinski definition) is 10. The molecule has 57 heavy (non-hydrogen) atoms. The summed E-state index contributed by atoms with van der Waals surface area (Å²) >= 11 is 0. The Bertz CT molecular complexity index is 1600. The third kappa shape index (κ3) is 6.27. The summed E-state index contributed by atoms with van der Waals surface area (Å²) in [5.74, 6) is -0.946. The first-order valence-electron chi connectivity index (χ1n) is 20.8. The van der Waals surface area contributed by atoms with Crippen LogP contribution in [0.15, 0.2) is 23.3 Å². The summed E-state index contributed by atoms with van der Waals surface area (Å²) in [6.07, 6.45) is -7.59. The Labute approximate surface area is 334 Å². The molecule has 5 fully saturated rings. The number of rotatable bonds is 8. The SMILES string of the molecule is C[C@@]12CC[C@]3(C)C(=C1C[C@](C)(C(=O)O)[C@H](O)C2)C=C[C@@H]1[C@@]2(C)CC[C@H](O[C@@H]4O[C@H](CO)[C@@H](O)[C@H](O)[C@H]4O[C@@H]4O[C@H](CO)[C@@H](O)[C@H](O)[C@H]4O)[C@](C)(CO)[C@@H]2CC[C@]13C. The van der Waals surface area contributed by atoms with Crippen molar-refractivity contribution in [3.05, 3.63) is 23.3 Å². The number of aliphatic hydroxyl groups is 9. The van der Waals surface area contributed by atoms with Crippen LogP contribution in [0.3, 0.4) is 0 Å². The zero-order valence-electron chi connectivity index (χ0n) is 34.0. The molecule has 0 bridgehead atoms. The highest BCUT2D eigenvalue weighted by Gasteiger charge is 2.68. The molecular formula is C42H66O15. The van der Waals surface area contributed by atoms with Crippen molar-refractivity contribution in [2.45, 2.75) is 167 Å². The second kappa shape index (κ2) is 14.8. The molecule has 3 saturated carbocycles. The van der Waals surface area contributed by atoms with Crippen molar-refractivity contribution in [2.75, 3.05) is 19.8 Å². The highest BCUT2D eigenvalue weighted by atomic mass is 16.8. The lowest BCUT2D eigenvalue weighted by molar-refractivity contribution is -0.379. The van der Waals surface area contributed by atoms with Crippen molar-refractivity contribution in [1.82, 2.24) is 0 Å². The fourth-order valence-corrected chi connectivity index (χ4v) is 13.0. The van der Waals surface area contributed by atoms with E-state index in [0.717, 1.165) is 31.3 Å². The molecule has 2 heterocycles. The van der Waals surface area contributed by atoms with Crippen molar-refractivity contribution in [3.8, 4) is 0 Å². The van der Waals surface area contributed by atoms with Gasteiger partial charge >= 0.3 is 5.97 Å². The minimum atomic E-state index is -1.80. The van der Waals surface area contributed by atoms with Gasteiger partial charge in [0.1, 0.15) is 48.8 Å². The van der Waals surface area contributed by atoms with Crippen molar-refractivity contribution in [2.24, 2.45) is 44.3 Å². The van der Waals surface area contributed by atoms with E-state index in [1.165, 1.54) is 5.57 Å². The Balaban J connectivity index is 1.19. The quantitative estimate of drug-likeness (QED) is 0.152. The van der Waals surface area contributed by atoms with Crippen molar-refractivity contribution >= 4 is 5.97 Å². The number of ether oxygens (including phenoxy) is 4. The zero-order chi connectivity index (χ0) is 41.8. The van der Waals surface area contributed by atoms with Gasteiger partial charge in [0.05, 0.1) is 37.4 Å². The third-order valence-electron chi connectivity index (χ3n) is 17.2. The average Bonchev–Trinajstić information content (AvgIpc) is 3.16. The van der Waals surface area contributed by atoms with Gasteiger partial charge in [-0.15, -0.1) is 0 Å². The van der Waals surface area contributed by atoms with E-state index in [1.54, 1.807) is 6.92 Å². The molecule has 2 aliphatic heterocycles. The molecule has 10 N–H and O–H groups in total. The standard InChI is InChI=1S/C42H66O15/c1-37-13-14-41(5)20(21(37)15-39(3,36(52)53)26(46)16-37)7-8-25-38(2)11-10-27(40(4,19-45)24(38)9-12-42(25,41)6)56-35-33(31(50)29(48)23(18-44)55-35)57-34-32(51)30(49)28(47)22(17-43)54-34/h7-8,22-35,43-51H,9-19H2,1-6H3,(H,52,53)/t22-,23-,24-,25-,26-,27+,28-,29-,30+,31+,32-,33-,34+,35+,37+,38+,39+,40-,41-,42-/m1/s1. The second-order valence-corrected chi connectivity index (χ2v) is 20.1. The molecule has 0 spiro atoms. The molecule has 20 atom stereocenters. The minimum Gasteiger partial charge on any atom is -0.481 e. The van der Waals surface area contributed by atoms with Gasteiger partial charge in [0.25, 0.3) is 0 Å². The average molecular weight is 811 g/mol. The Morgan fingerprint density at radius 3 is 2.02 bits per heavy atom. The molecule has 0 aromatic carbocycles. The van der Waals surface area contributed by atoms with Crippen molar-refractivity contribution < 1.29 is 74.8 Å². The van der Waals surface area contributed by atoms with Crippen LogP contribution in [-0.4, -0.2) is 150 Å². The van der Waals surface area contributed by atoms with Gasteiger partial charge in [-0.3, -0.25) is 4.79 Å². The normalized spacial score (nSPS) is 55.0. The predicted octanol–water partition coefficient (Wildman–Crippen LogP) is 0.745. The van der Waals surface area contributed by atoms with Gasteiger partial charge in [0.2, 0.25) is 0 Å². The van der Waals surface area contributed by atoms with E-state index in [4.69, 9.17) is 18.9 Å². The number of allylic oxidation sites excluding steroid dienone is 4. The Morgan fingerprint density at radius 1 is 0.772 bits per heavy atom. The van der Waals surface area contributed by atoms with Crippen LogP contribution < -0.4 is 0 Å². The first kappa shape index (κ1) is 43.5. The van der Waals surface area contributed by atoms with E-state index in [-0.39, 0.29) is 40.1 Å². The lowest BCUT2D eigenvalue weighted by Crippen LogP contribution is -2.67. The van der Waals surface area contributed by atoms with E-state index in [0.29, 0.717) is 25.7 Å². The van der Waals surface area contributed by atoms with Crippen LogP contribution in [0, 0.1) is 44.3 Å². The number of aliphatic hydroxyl groups excluding tert-OH is 9.